The molecule has 0 aliphatic carbocycles. The molecule has 162 valence electrons. The highest BCUT2D eigenvalue weighted by Gasteiger charge is 2.17. The van der Waals surface area contributed by atoms with Crippen molar-refractivity contribution in [3.8, 4) is 5.75 Å². The smallest absolute Gasteiger partial charge is 0.169 e. The van der Waals surface area contributed by atoms with Gasteiger partial charge in [0.05, 0.1) is 5.69 Å². The number of phenols is 1. The number of aromatic hydroxyl groups is 1. The third-order valence-electron chi connectivity index (χ3n) is 4.52. The van der Waals surface area contributed by atoms with Crippen molar-refractivity contribution >= 4 is 22.6 Å². The van der Waals surface area contributed by atoms with Crippen LogP contribution >= 0.6 is 11.8 Å². The summed E-state index contributed by atoms with van der Waals surface area (Å²) in [5, 5.41) is 10.3. The predicted octanol–water partition coefficient (Wildman–Crippen LogP) is 6.92. The summed E-state index contributed by atoms with van der Waals surface area (Å²) in [6.45, 7) is 7.56. The van der Waals surface area contributed by atoms with Gasteiger partial charge < -0.3 is 10.0 Å². The van der Waals surface area contributed by atoms with Crippen LogP contribution in [0.2, 0.25) is 0 Å². The maximum atomic E-state index is 13.8. The average Bonchev–Trinajstić information content (AvgIpc) is 2.72. The Labute approximate surface area is 186 Å². The minimum Gasteiger partial charge on any atom is -0.508 e. The molecule has 0 radical (unpaired) electrons. The summed E-state index contributed by atoms with van der Waals surface area (Å²) in [5.41, 5.74) is 2.53. The lowest BCUT2D eigenvalue weighted by atomic mass is 10.1. The SMILES string of the molecule is Cc1ccc(SC(=Nc2ccc(F)c(F)c2)N(Cc2ccc(O)cc2)CC(C)C)cc1. The molecular formula is C25H26F2N2OS. The number of hydrogen-bond donors (Lipinski definition) is 1. The molecule has 0 spiro atoms. The normalized spacial score (nSPS) is 11.7. The van der Waals surface area contributed by atoms with Gasteiger partial charge in [-0.15, -0.1) is 0 Å². The molecule has 0 atom stereocenters. The third kappa shape index (κ3) is 6.82. The summed E-state index contributed by atoms with van der Waals surface area (Å²) in [5.74, 6) is -1.25. The largest absolute Gasteiger partial charge is 0.508 e. The molecule has 3 aromatic rings. The van der Waals surface area contributed by atoms with Gasteiger partial charge >= 0.3 is 0 Å². The second-order valence-corrected chi connectivity index (χ2v) is 8.89. The highest BCUT2D eigenvalue weighted by molar-refractivity contribution is 8.13. The van der Waals surface area contributed by atoms with Crippen LogP contribution in [-0.2, 0) is 6.54 Å². The van der Waals surface area contributed by atoms with E-state index in [-0.39, 0.29) is 5.75 Å². The van der Waals surface area contributed by atoms with Crippen molar-refractivity contribution < 1.29 is 13.9 Å². The minimum absolute atomic E-state index is 0.212. The summed E-state index contributed by atoms with van der Waals surface area (Å²) < 4.78 is 27.2. The molecule has 3 aromatic carbocycles. The Balaban J connectivity index is 2.00. The Morgan fingerprint density at radius 1 is 0.968 bits per heavy atom. The molecule has 0 saturated heterocycles. The standard InChI is InChI=1S/C25H26F2N2OS/c1-17(2)15-29(16-19-6-9-21(30)10-7-19)25(31-22-11-4-18(3)5-12-22)28-20-8-13-23(26)24(27)14-20/h4-14,17,30H,15-16H2,1-3H3. The Hall–Kier alpha value is -2.86. The number of nitrogens with zero attached hydrogens (tertiary/aromatic N) is 2. The lowest BCUT2D eigenvalue weighted by Crippen LogP contribution is -2.32. The monoisotopic (exact) mass is 440 g/mol. The van der Waals surface area contributed by atoms with Crippen LogP contribution < -0.4 is 0 Å². The van der Waals surface area contributed by atoms with Crippen LogP contribution in [0.15, 0.2) is 76.6 Å². The molecule has 0 aliphatic rings. The van der Waals surface area contributed by atoms with Gasteiger partial charge in [-0.2, -0.15) is 0 Å². The van der Waals surface area contributed by atoms with E-state index in [4.69, 9.17) is 4.99 Å². The molecule has 0 unspecified atom stereocenters. The molecule has 0 heterocycles. The van der Waals surface area contributed by atoms with Crippen LogP contribution in [-0.4, -0.2) is 21.7 Å². The van der Waals surface area contributed by atoms with Crippen LogP contribution in [0.25, 0.3) is 0 Å². The Morgan fingerprint density at radius 3 is 2.26 bits per heavy atom. The summed E-state index contributed by atoms with van der Waals surface area (Å²) in [6.07, 6.45) is 0. The van der Waals surface area contributed by atoms with Crippen LogP contribution in [0.1, 0.15) is 25.0 Å². The fourth-order valence-corrected chi connectivity index (χ4v) is 3.91. The first-order chi connectivity index (χ1) is 14.8. The quantitative estimate of drug-likeness (QED) is 0.257. The molecular weight excluding hydrogens is 414 g/mol. The third-order valence-corrected chi connectivity index (χ3v) is 5.56. The van der Waals surface area contributed by atoms with E-state index in [0.717, 1.165) is 34.7 Å². The number of amidine groups is 1. The fraction of sp³-hybridized carbons (Fsp3) is 0.240. The average molecular weight is 441 g/mol. The molecule has 6 heteroatoms. The number of hydrogen-bond acceptors (Lipinski definition) is 3. The highest BCUT2D eigenvalue weighted by atomic mass is 32.2. The van der Waals surface area contributed by atoms with Gasteiger partial charge in [-0.1, -0.05) is 55.4 Å². The van der Waals surface area contributed by atoms with Gasteiger partial charge in [-0.3, -0.25) is 0 Å². The molecule has 0 bridgehead atoms. The van der Waals surface area contributed by atoms with E-state index >= 15 is 0 Å². The predicted molar refractivity (Wildman–Crippen MR) is 124 cm³/mol. The van der Waals surface area contributed by atoms with E-state index in [9.17, 15) is 13.9 Å². The van der Waals surface area contributed by atoms with Gasteiger partial charge in [0.25, 0.3) is 0 Å². The Bertz CT molecular complexity index is 1030. The second-order valence-electron chi connectivity index (χ2n) is 7.85. The van der Waals surface area contributed by atoms with E-state index < -0.39 is 11.6 Å². The van der Waals surface area contributed by atoms with Crippen molar-refractivity contribution in [2.75, 3.05) is 6.54 Å². The first kappa shape index (κ1) is 22.8. The number of benzene rings is 3. The number of halogens is 2. The van der Waals surface area contributed by atoms with Crippen molar-refractivity contribution in [1.29, 1.82) is 0 Å². The zero-order valence-electron chi connectivity index (χ0n) is 17.8. The summed E-state index contributed by atoms with van der Waals surface area (Å²) >= 11 is 1.49. The van der Waals surface area contributed by atoms with Crippen LogP contribution in [0.4, 0.5) is 14.5 Å². The van der Waals surface area contributed by atoms with Gasteiger partial charge in [-0.25, -0.2) is 13.8 Å². The maximum absolute atomic E-state index is 13.8. The topological polar surface area (TPSA) is 35.8 Å². The molecule has 0 fully saturated rings. The van der Waals surface area contributed by atoms with Gasteiger partial charge in [0.2, 0.25) is 0 Å². The van der Waals surface area contributed by atoms with Crippen LogP contribution in [0, 0.1) is 24.5 Å². The Morgan fingerprint density at radius 2 is 1.65 bits per heavy atom. The van der Waals surface area contributed by atoms with Crippen molar-refractivity contribution in [3.05, 3.63) is 89.5 Å². The van der Waals surface area contributed by atoms with E-state index in [1.54, 1.807) is 12.1 Å². The summed E-state index contributed by atoms with van der Waals surface area (Å²) in [6, 6.07) is 18.8. The van der Waals surface area contributed by atoms with Crippen molar-refractivity contribution in [2.45, 2.75) is 32.2 Å². The lowest BCUT2D eigenvalue weighted by molar-refractivity contribution is 0.365. The van der Waals surface area contributed by atoms with Gasteiger partial charge in [0.1, 0.15) is 5.75 Å². The molecule has 3 nitrogen and oxygen atoms in total. The number of thioether (sulfide) groups is 1. The number of phenolic OH excluding ortho intramolecular Hbond substituents is 1. The number of aryl methyl sites for hydroxylation is 1. The molecule has 0 aromatic heterocycles. The molecule has 3 rings (SSSR count). The van der Waals surface area contributed by atoms with Crippen molar-refractivity contribution in [3.63, 3.8) is 0 Å². The first-order valence-electron chi connectivity index (χ1n) is 10.1. The maximum Gasteiger partial charge on any atom is 0.169 e. The summed E-state index contributed by atoms with van der Waals surface area (Å²) in [4.78, 5) is 7.83. The highest BCUT2D eigenvalue weighted by Crippen LogP contribution is 2.28. The van der Waals surface area contributed by atoms with E-state index in [0.29, 0.717) is 23.3 Å². The fourth-order valence-electron chi connectivity index (χ4n) is 3.01. The molecule has 31 heavy (non-hydrogen) atoms. The zero-order valence-corrected chi connectivity index (χ0v) is 18.7. The minimum atomic E-state index is -0.921. The van der Waals surface area contributed by atoms with Crippen molar-refractivity contribution in [2.24, 2.45) is 10.9 Å². The second kappa shape index (κ2) is 10.4. The van der Waals surface area contributed by atoms with Gasteiger partial charge in [0.15, 0.2) is 16.8 Å². The molecule has 1 N–H and O–H groups in total. The molecule has 0 aliphatic heterocycles. The van der Waals surface area contributed by atoms with Gasteiger partial charge in [-0.05, 0) is 54.8 Å². The van der Waals surface area contributed by atoms with E-state index in [1.807, 2.05) is 43.3 Å². The first-order valence-corrected chi connectivity index (χ1v) is 10.9. The van der Waals surface area contributed by atoms with Crippen molar-refractivity contribution in [1.82, 2.24) is 4.90 Å². The lowest BCUT2D eigenvalue weighted by Gasteiger charge is -2.28. The molecule has 0 amide bonds. The van der Waals surface area contributed by atoms with Crippen LogP contribution in [0.5, 0.6) is 5.75 Å². The Kier molecular flexibility index (Phi) is 7.69. The van der Waals surface area contributed by atoms with Crippen LogP contribution in [0.3, 0.4) is 0 Å². The molecule has 0 saturated carbocycles. The van der Waals surface area contributed by atoms with E-state index in [2.05, 4.69) is 18.7 Å². The number of rotatable bonds is 6. The van der Waals surface area contributed by atoms with Gasteiger partial charge in [0, 0.05) is 24.1 Å². The van der Waals surface area contributed by atoms with E-state index in [1.165, 1.54) is 17.8 Å². The summed E-state index contributed by atoms with van der Waals surface area (Å²) in [7, 11) is 0. The zero-order chi connectivity index (χ0) is 22.4. The number of aliphatic imine (C=N–C) groups is 1.